The van der Waals surface area contributed by atoms with E-state index in [4.69, 9.17) is 16.3 Å². The topological polar surface area (TPSA) is 67.8 Å². The van der Waals surface area contributed by atoms with E-state index in [-0.39, 0.29) is 4.90 Å². The second-order valence-electron chi connectivity index (χ2n) is 4.31. The average Bonchev–Trinajstić information content (AvgIpc) is 2.50. The summed E-state index contributed by atoms with van der Waals surface area (Å²) in [5.41, 5.74) is 0.735. The summed E-state index contributed by atoms with van der Waals surface area (Å²) in [7, 11) is -3.70. The number of sulfonamides is 1. The molecule has 0 aliphatic carbocycles. The molecule has 0 unspecified atom stereocenters. The van der Waals surface area contributed by atoms with Crippen LogP contribution < -0.4 is 9.57 Å². The van der Waals surface area contributed by atoms with Gasteiger partial charge in [-0.3, -0.25) is 0 Å². The Morgan fingerprint density at radius 3 is 2.36 bits per heavy atom. The Morgan fingerprint density at radius 2 is 1.77 bits per heavy atom. The Labute approximate surface area is 134 Å². The summed E-state index contributed by atoms with van der Waals surface area (Å²) in [5.74, 6) is 0.617. The van der Waals surface area contributed by atoms with Crippen molar-refractivity contribution in [3.8, 4) is 5.75 Å². The predicted octanol–water partition coefficient (Wildman–Crippen LogP) is 3.05. The van der Waals surface area contributed by atoms with Crippen LogP contribution in [0.2, 0.25) is 5.02 Å². The van der Waals surface area contributed by atoms with E-state index in [0.717, 1.165) is 5.56 Å². The van der Waals surface area contributed by atoms with Crippen molar-refractivity contribution in [2.75, 3.05) is 6.61 Å². The van der Waals surface area contributed by atoms with Crippen molar-refractivity contribution < 1.29 is 13.2 Å². The molecule has 0 aromatic heterocycles. The lowest BCUT2D eigenvalue weighted by Gasteiger charge is -2.05. The molecular formula is C15H15ClN2O3S. The summed E-state index contributed by atoms with van der Waals surface area (Å²) in [4.78, 5) is 2.27. The zero-order chi connectivity index (χ0) is 16.0. The highest BCUT2D eigenvalue weighted by atomic mass is 35.5. The molecule has 7 heteroatoms. The molecule has 0 amide bonds. The highest BCUT2D eigenvalue weighted by Crippen LogP contribution is 2.15. The minimum absolute atomic E-state index is 0.115. The summed E-state index contributed by atoms with van der Waals surface area (Å²) < 4.78 is 29.4. The standard InChI is InChI=1S/C15H15ClN2O3S/c1-2-21-14-7-9-15(10-8-14)22(19,20)18-17-11-12-3-5-13(16)6-4-12/h3-11,18H,2H2,1H3/b17-11+. The van der Waals surface area contributed by atoms with E-state index in [1.54, 1.807) is 36.4 Å². The van der Waals surface area contributed by atoms with Gasteiger partial charge in [-0.15, -0.1) is 0 Å². The third-order valence-electron chi connectivity index (χ3n) is 2.70. The lowest BCUT2D eigenvalue weighted by Crippen LogP contribution is -2.18. The smallest absolute Gasteiger partial charge is 0.276 e. The van der Waals surface area contributed by atoms with E-state index in [1.165, 1.54) is 18.3 Å². The molecule has 2 aromatic carbocycles. The zero-order valence-corrected chi connectivity index (χ0v) is 13.4. The first kappa shape index (κ1) is 16.3. The summed E-state index contributed by atoms with van der Waals surface area (Å²) in [5, 5.41) is 4.34. The van der Waals surface area contributed by atoms with Crippen LogP contribution in [0, 0.1) is 0 Å². The monoisotopic (exact) mass is 338 g/mol. The largest absolute Gasteiger partial charge is 0.494 e. The first-order valence-corrected chi connectivity index (χ1v) is 8.40. The normalized spacial score (nSPS) is 11.5. The van der Waals surface area contributed by atoms with Crippen LogP contribution in [0.15, 0.2) is 58.5 Å². The van der Waals surface area contributed by atoms with Gasteiger partial charge < -0.3 is 4.74 Å². The number of rotatable bonds is 6. The Hall–Kier alpha value is -2.05. The maximum absolute atomic E-state index is 12.1. The lowest BCUT2D eigenvalue weighted by molar-refractivity contribution is 0.340. The van der Waals surface area contributed by atoms with Crippen molar-refractivity contribution in [2.24, 2.45) is 5.10 Å². The Morgan fingerprint density at radius 1 is 1.14 bits per heavy atom. The molecule has 0 aliphatic rings. The van der Waals surface area contributed by atoms with Crippen molar-refractivity contribution in [3.63, 3.8) is 0 Å². The first-order chi connectivity index (χ1) is 10.5. The number of ether oxygens (including phenoxy) is 1. The third-order valence-corrected chi connectivity index (χ3v) is 4.19. The highest BCUT2D eigenvalue weighted by molar-refractivity contribution is 7.89. The van der Waals surface area contributed by atoms with Gasteiger partial charge in [0.05, 0.1) is 17.7 Å². The molecule has 2 rings (SSSR count). The van der Waals surface area contributed by atoms with Gasteiger partial charge in [0.25, 0.3) is 10.0 Å². The molecular weight excluding hydrogens is 324 g/mol. The fraction of sp³-hybridized carbons (Fsp3) is 0.133. The fourth-order valence-corrected chi connectivity index (χ4v) is 2.57. The maximum Gasteiger partial charge on any atom is 0.276 e. The molecule has 0 heterocycles. The van der Waals surface area contributed by atoms with Crippen LogP contribution in [0.3, 0.4) is 0 Å². The van der Waals surface area contributed by atoms with Crippen LogP contribution in [-0.2, 0) is 10.0 Å². The third kappa shape index (κ3) is 4.47. The minimum atomic E-state index is -3.70. The molecule has 0 radical (unpaired) electrons. The number of nitrogens with one attached hydrogen (secondary N) is 1. The van der Waals surface area contributed by atoms with Crippen molar-refractivity contribution >= 4 is 27.8 Å². The molecule has 0 aliphatic heterocycles. The van der Waals surface area contributed by atoms with Crippen LogP contribution in [0.25, 0.3) is 0 Å². The number of halogens is 1. The number of hydrogen-bond donors (Lipinski definition) is 1. The number of hydrazone groups is 1. The number of hydrogen-bond acceptors (Lipinski definition) is 4. The van der Waals surface area contributed by atoms with E-state index in [9.17, 15) is 8.42 Å². The van der Waals surface area contributed by atoms with Crippen LogP contribution in [0.1, 0.15) is 12.5 Å². The van der Waals surface area contributed by atoms with Gasteiger partial charge in [-0.2, -0.15) is 13.5 Å². The van der Waals surface area contributed by atoms with Crippen molar-refractivity contribution in [3.05, 3.63) is 59.1 Å². The van der Waals surface area contributed by atoms with Gasteiger partial charge in [-0.1, -0.05) is 23.7 Å². The van der Waals surface area contributed by atoms with Crippen molar-refractivity contribution in [1.82, 2.24) is 4.83 Å². The predicted molar refractivity (Wildman–Crippen MR) is 87.0 cm³/mol. The van der Waals surface area contributed by atoms with Gasteiger partial charge in [0.2, 0.25) is 0 Å². The van der Waals surface area contributed by atoms with Crippen molar-refractivity contribution in [2.45, 2.75) is 11.8 Å². The molecule has 0 fully saturated rings. The van der Waals surface area contributed by atoms with Gasteiger partial charge >= 0.3 is 0 Å². The zero-order valence-electron chi connectivity index (χ0n) is 11.9. The Kier molecular flexibility index (Phi) is 5.41. The molecule has 22 heavy (non-hydrogen) atoms. The van der Waals surface area contributed by atoms with Crippen LogP contribution in [0.4, 0.5) is 0 Å². The molecule has 0 spiro atoms. The molecule has 0 saturated heterocycles. The summed E-state index contributed by atoms with van der Waals surface area (Å²) in [6, 6.07) is 13.0. The second kappa shape index (κ2) is 7.29. The second-order valence-corrected chi connectivity index (χ2v) is 6.41. The van der Waals surface area contributed by atoms with Gasteiger partial charge in [-0.25, -0.2) is 4.83 Å². The molecule has 0 atom stereocenters. The quantitative estimate of drug-likeness (QED) is 0.650. The molecule has 0 saturated carbocycles. The summed E-state index contributed by atoms with van der Waals surface area (Å²) in [6.07, 6.45) is 1.41. The lowest BCUT2D eigenvalue weighted by atomic mass is 10.2. The SMILES string of the molecule is CCOc1ccc(S(=O)(=O)N/N=C/c2ccc(Cl)cc2)cc1. The highest BCUT2D eigenvalue weighted by Gasteiger charge is 2.12. The maximum atomic E-state index is 12.1. The molecule has 1 N–H and O–H groups in total. The molecule has 0 bridgehead atoms. The van der Waals surface area contributed by atoms with E-state index in [1.807, 2.05) is 6.92 Å². The molecule has 2 aromatic rings. The van der Waals surface area contributed by atoms with Gasteiger partial charge in [0.1, 0.15) is 5.75 Å². The Bertz CT molecular complexity index is 741. The van der Waals surface area contributed by atoms with E-state index < -0.39 is 10.0 Å². The fourth-order valence-electron chi connectivity index (χ4n) is 1.65. The number of benzene rings is 2. The Balaban J connectivity index is 2.05. The number of nitrogens with zero attached hydrogens (tertiary/aromatic N) is 1. The van der Waals surface area contributed by atoms with Gasteiger partial charge in [-0.05, 0) is 48.9 Å². The molecule has 116 valence electrons. The van der Waals surface area contributed by atoms with E-state index in [0.29, 0.717) is 17.4 Å². The summed E-state index contributed by atoms with van der Waals surface area (Å²) in [6.45, 7) is 2.38. The van der Waals surface area contributed by atoms with E-state index in [2.05, 4.69) is 9.93 Å². The van der Waals surface area contributed by atoms with E-state index >= 15 is 0 Å². The van der Waals surface area contributed by atoms with Crippen LogP contribution in [-0.4, -0.2) is 21.2 Å². The average molecular weight is 339 g/mol. The van der Waals surface area contributed by atoms with Gasteiger partial charge in [0, 0.05) is 5.02 Å². The van der Waals surface area contributed by atoms with Crippen LogP contribution >= 0.6 is 11.6 Å². The minimum Gasteiger partial charge on any atom is -0.494 e. The van der Waals surface area contributed by atoms with Gasteiger partial charge in [0.15, 0.2) is 0 Å². The molecule has 5 nitrogen and oxygen atoms in total. The van der Waals surface area contributed by atoms with Crippen molar-refractivity contribution in [1.29, 1.82) is 0 Å². The first-order valence-electron chi connectivity index (χ1n) is 6.54. The summed E-state index contributed by atoms with van der Waals surface area (Å²) >= 11 is 5.77. The van der Waals surface area contributed by atoms with Crippen LogP contribution in [0.5, 0.6) is 5.75 Å².